The molecule has 0 unspecified atom stereocenters. The van der Waals surface area contributed by atoms with E-state index in [1.807, 2.05) is 6.92 Å². The maximum atomic E-state index is 11.2. The van der Waals surface area contributed by atoms with Gasteiger partial charge in [-0.2, -0.15) is 0 Å². The van der Waals surface area contributed by atoms with Gasteiger partial charge in [0, 0.05) is 6.07 Å². The number of H-pyrrole nitrogens is 2. The fraction of sp³-hybridized carbons (Fsp3) is 0.286. The van der Waals surface area contributed by atoms with E-state index in [0.29, 0.717) is 17.1 Å². The van der Waals surface area contributed by atoms with Gasteiger partial charge in [0.25, 0.3) is 0 Å². The van der Waals surface area contributed by atoms with Crippen LogP contribution in [0.1, 0.15) is 11.5 Å². The van der Waals surface area contributed by atoms with Crippen molar-refractivity contribution in [2.24, 2.45) is 0 Å². The van der Waals surface area contributed by atoms with E-state index < -0.39 is 0 Å². The summed E-state index contributed by atoms with van der Waals surface area (Å²) in [6, 6.07) is 1.76. The van der Waals surface area contributed by atoms with Crippen LogP contribution in [0.3, 0.4) is 0 Å². The van der Waals surface area contributed by atoms with Gasteiger partial charge in [0.05, 0.1) is 12.2 Å². The SMILES string of the molecule is Cc1cc(Cn2c(=O)[nH][nH]c2=S)on1. The molecule has 2 rings (SSSR count). The number of aryl methyl sites for hydroxylation is 1. The van der Waals surface area contributed by atoms with E-state index >= 15 is 0 Å². The van der Waals surface area contributed by atoms with Crippen LogP contribution in [0.15, 0.2) is 15.4 Å². The standard InChI is InChI=1S/C7H8N4O2S/c1-4-2-5(13-10-4)3-11-6(12)8-9-7(11)14/h2H,3H2,1H3,(H,8,12)(H,9,14). The first-order valence-corrected chi connectivity index (χ1v) is 4.37. The molecule has 2 aromatic rings. The fourth-order valence-electron chi connectivity index (χ4n) is 1.12. The molecule has 0 radical (unpaired) electrons. The van der Waals surface area contributed by atoms with Crippen molar-refractivity contribution in [1.29, 1.82) is 0 Å². The Kier molecular flexibility index (Phi) is 2.08. The van der Waals surface area contributed by atoms with Crippen molar-refractivity contribution in [3.05, 3.63) is 32.8 Å². The summed E-state index contributed by atoms with van der Waals surface area (Å²) >= 11 is 4.89. The Labute approximate surface area is 83.5 Å². The largest absolute Gasteiger partial charge is 0.359 e. The average Bonchev–Trinajstić information content (AvgIpc) is 2.67. The monoisotopic (exact) mass is 212 g/mol. The summed E-state index contributed by atoms with van der Waals surface area (Å²) in [6.45, 7) is 2.10. The summed E-state index contributed by atoms with van der Waals surface area (Å²) in [5.74, 6) is 0.601. The second kappa shape index (κ2) is 3.26. The number of hydrogen-bond donors (Lipinski definition) is 2. The summed E-state index contributed by atoms with van der Waals surface area (Å²) in [6.07, 6.45) is 0. The minimum absolute atomic E-state index is 0.288. The lowest BCUT2D eigenvalue weighted by Crippen LogP contribution is -2.17. The molecule has 0 aliphatic heterocycles. The first-order valence-electron chi connectivity index (χ1n) is 3.96. The quantitative estimate of drug-likeness (QED) is 0.713. The van der Waals surface area contributed by atoms with E-state index in [4.69, 9.17) is 16.7 Å². The van der Waals surface area contributed by atoms with Crippen molar-refractivity contribution < 1.29 is 4.52 Å². The molecule has 0 saturated heterocycles. The van der Waals surface area contributed by atoms with Gasteiger partial charge in [-0.15, -0.1) is 0 Å². The van der Waals surface area contributed by atoms with Crippen LogP contribution in [0.2, 0.25) is 0 Å². The van der Waals surface area contributed by atoms with Gasteiger partial charge < -0.3 is 4.52 Å². The molecule has 0 aromatic carbocycles. The molecule has 0 aliphatic carbocycles. The smallest absolute Gasteiger partial charge is 0.342 e. The molecule has 0 aliphatic rings. The predicted octanol–water partition coefficient (Wildman–Crippen LogP) is 0.579. The lowest BCUT2D eigenvalue weighted by atomic mass is 10.4. The van der Waals surface area contributed by atoms with Crippen LogP contribution < -0.4 is 5.69 Å². The van der Waals surface area contributed by atoms with Crippen molar-refractivity contribution in [3.8, 4) is 0 Å². The molecule has 7 heteroatoms. The van der Waals surface area contributed by atoms with E-state index in [2.05, 4.69) is 15.4 Å². The van der Waals surface area contributed by atoms with Crippen molar-refractivity contribution in [2.75, 3.05) is 0 Å². The zero-order valence-corrected chi connectivity index (χ0v) is 8.22. The van der Waals surface area contributed by atoms with Crippen LogP contribution in [0.5, 0.6) is 0 Å². The number of nitrogens with zero attached hydrogens (tertiary/aromatic N) is 2. The second-order valence-corrected chi connectivity index (χ2v) is 3.27. The molecule has 0 bridgehead atoms. The molecule has 0 atom stereocenters. The summed E-state index contributed by atoms with van der Waals surface area (Å²) in [5, 5.41) is 8.63. The molecular formula is C7H8N4O2S. The molecule has 74 valence electrons. The van der Waals surface area contributed by atoms with E-state index in [9.17, 15) is 4.79 Å². The van der Waals surface area contributed by atoms with Crippen molar-refractivity contribution >= 4 is 12.2 Å². The van der Waals surface area contributed by atoms with Crippen molar-refractivity contribution in [3.63, 3.8) is 0 Å². The van der Waals surface area contributed by atoms with Gasteiger partial charge in [0.2, 0.25) is 0 Å². The molecule has 14 heavy (non-hydrogen) atoms. The summed E-state index contributed by atoms with van der Waals surface area (Å²) < 4.78 is 6.66. The van der Waals surface area contributed by atoms with Gasteiger partial charge in [-0.05, 0) is 19.1 Å². The second-order valence-electron chi connectivity index (χ2n) is 2.88. The van der Waals surface area contributed by atoms with Gasteiger partial charge in [-0.1, -0.05) is 5.16 Å². The Balaban J connectivity index is 2.36. The third-order valence-electron chi connectivity index (χ3n) is 1.76. The Bertz CT molecular complexity index is 519. The fourth-order valence-corrected chi connectivity index (χ4v) is 1.32. The highest BCUT2D eigenvalue weighted by Crippen LogP contribution is 2.03. The molecule has 2 heterocycles. The van der Waals surface area contributed by atoms with Gasteiger partial charge in [-0.3, -0.25) is 9.67 Å². The molecule has 0 spiro atoms. The molecular weight excluding hydrogens is 204 g/mol. The van der Waals surface area contributed by atoms with E-state index in [0.717, 1.165) is 5.69 Å². The van der Waals surface area contributed by atoms with Gasteiger partial charge >= 0.3 is 5.69 Å². The van der Waals surface area contributed by atoms with Crippen molar-refractivity contribution in [1.82, 2.24) is 19.9 Å². The number of aromatic amines is 2. The summed E-state index contributed by atoms with van der Waals surface area (Å²) in [5.41, 5.74) is 0.488. The lowest BCUT2D eigenvalue weighted by Gasteiger charge is -1.93. The normalized spacial score (nSPS) is 10.6. The van der Waals surface area contributed by atoms with Crippen LogP contribution in [0, 0.1) is 11.7 Å². The Hall–Kier alpha value is -1.63. The number of nitrogens with one attached hydrogen (secondary N) is 2. The van der Waals surface area contributed by atoms with E-state index in [1.165, 1.54) is 4.57 Å². The molecule has 0 fully saturated rings. The molecule has 0 amide bonds. The molecule has 2 aromatic heterocycles. The molecule has 0 saturated carbocycles. The minimum Gasteiger partial charge on any atom is -0.359 e. The summed E-state index contributed by atoms with van der Waals surface area (Å²) in [4.78, 5) is 11.2. The number of rotatable bonds is 2. The van der Waals surface area contributed by atoms with Gasteiger partial charge in [0.15, 0.2) is 10.5 Å². The average molecular weight is 212 g/mol. The van der Waals surface area contributed by atoms with Crippen LogP contribution >= 0.6 is 12.2 Å². The summed E-state index contributed by atoms with van der Waals surface area (Å²) in [7, 11) is 0. The van der Waals surface area contributed by atoms with E-state index in [1.54, 1.807) is 6.07 Å². The van der Waals surface area contributed by atoms with Crippen LogP contribution in [0.4, 0.5) is 0 Å². The molecule has 6 nitrogen and oxygen atoms in total. The highest BCUT2D eigenvalue weighted by Gasteiger charge is 2.05. The highest BCUT2D eigenvalue weighted by atomic mass is 32.1. The maximum absolute atomic E-state index is 11.2. The van der Waals surface area contributed by atoms with Crippen molar-refractivity contribution in [2.45, 2.75) is 13.5 Å². The maximum Gasteiger partial charge on any atom is 0.342 e. The number of hydrogen-bond acceptors (Lipinski definition) is 4. The van der Waals surface area contributed by atoms with Gasteiger partial charge in [-0.25, -0.2) is 9.89 Å². The lowest BCUT2D eigenvalue weighted by molar-refractivity contribution is 0.371. The zero-order chi connectivity index (χ0) is 10.1. The number of aromatic nitrogens is 4. The van der Waals surface area contributed by atoms with E-state index in [-0.39, 0.29) is 5.69 Å². The van der Waals surface area contributed by atoms with Crippen LogP contribution in [0.25, 0.3) is 0 Å². The van der Waals surface area contributed by atoms with Crippen LogP contribution in [-0.4, -0.2) is 19.9 Å². The minimum atomic E-state index is -0.288. The predicted molar refractivity (Wildman–Crippen MR) is 50.6 cm³/mol. The Morgan fingerprint density at radius 3 is 2.93 bits per heavy atom. The van der Waals surface area contributed by atoms with Crippen LogP contribution in [-0.2, 0) is 6.54 Å². The Morgan fingerprint density at radius 1 is 1.64 bits per heavy atom. The highest BCUT2D eigenvalue weighted by molar-refractivity contribution is 7.71. The topological polar surface area (TPSA) is 79.6 Å². The third kappa shape index (κ3) is 1.53. The Morgan fingerprint density at radius 2 is 2.43 bits per heavy atom. The third-order valence-corrected chi connectivity index (χ3v) is 2.08. The zero-order valence-electron chi connectivity index (χ0n) is 7.40. The van der Waals surface area contributed by atoms with Gasteiger partial charge in [0.1, 0.15) is 0 Å². The first-order chi connectivity index (χ1) is 6.66. The first kappa shape index (κ1) is 8.95. The molecule has 2 N–H and O–H groups in total.